The van der Waals surface area contributed by atoms with Crippen LogP contribution in [0.1, 0.15) is 46.6 Å². The van der Waals surface area contributed by atoms with Crippen LogP contribution in [0.4, 0.5) is 0 Å². The van der Waals surface area contributed by atoms with Crippen LogP contribution in [0.15, 0.2) is 28.7 Å². The van der Waals surface area contributed by atoms with Crippen LogP contribution in [-0.2, 0) is 19.3 Å². The molecule has 5 heteroatoms. The molecule has 1 amide bonds. The molecule has 1 aliphatic carbocycles. The molecule has 1 fully saturated rings. The molecule has 2 aliphatic rings. The van der Waals surface area contributed by atoms with Gasteiger partial charge in [-0.1, -0.05) is 31.2 Å². The van der Waals surface area contributed by atoms with Crippen LogP contribution in [0.2, 0.25) is 0 Å². The summed E-state index contributed by atoms with van der Waals surface area (Å²) in [6.45, 7) is 7.24. The van der Waals surface area contributed by atoms with Crippen molar-refractivity contribution in [3.05, 3.63) is 52.7 Å². The van der Waals surface area contributed by atoms with E-state index in [0.717, 1.165) is 39.0 Å². The van der Waals surface area contributed by atoms with E-state index >= 15 is 0 Å². The maximum Gasteiger partial charge on any atom is 0.291 e. The fourth-order valence-electron chi connectivity index (χ4n) is 4.23. The molecule has 0 spiro atoms. The number of aromatic nitrogens is 1. The number of hydrogen-bond donors (Lipinski definition) is 0. The normalized spacial score (nSPS) is 20.8. The minimum absolute atomic E-state index is 0.0108. The third-order valence-corrected chi connectivity index (χ3v) is 5.78. The summed E-state index contributed by atoms with van der Waals surface area (Å²) in [6, 6.07) is 9.40. The Balaban J connectivity index is 1.37. The Morgan fingerprint density at radius 1 is 1.19 bits per heavy atom. The second kappa shape index (κ2) is 7.23. The van der Waals surface area contributed by atoms with Crippen molar-refractivity contribution in [2.75, 3.05) is 26.2 Å². The Labute approximate surface area is 155 Å². The summed E-state index contributed by atoms with van der Waals surface area (Å²) in [4.78, 5) is 21.6. The molecule has 5 nitrogen and oxygen atoms in total. The predicted octanol–water partition coefficient (Wildman–Crippen LogP) is 2.86. The molecule has 1 aliphatic heterocycles. The van der Waals surface area contributed by atoms with Gasteiger partial charge in [0.15, 0.2) is 5.89 Å². The monoisotopic (exact) mass is 353 g/mol. The smallest absolute Gasteiger partial charge is 0.291 e. The quantitative estimate of drug-likeness (QED) is 0.851. The molecule has 1 saturated heterocycles. The molecule has 26 heavy (non-hydrogen) atoms. The van der Waals surface area contributed by atoms with Gasteiger partial charge in [-0.3, -0.25) is 9.69 Å². The van der Waals surface area contributed by atoms with Crippen LogP contribution >= 0.6 is 0 Å². The summed E-state index contributed by atoms with van der Waals surface area (Å²) in [6.07, 6.45) is 4.22. The van der Waals surface area contributed by atoms with Gasteiger partial charge < -0.3 is 9.32 Å². The molecule has 4 rings (SSSR count). The first-order valence-electron chi connectivity index (χ1n) is 9.72. The summed E-state index contributed by atoms with van der Waals surface area (Å²) in [7, 11) is 0. The molecule has 2 aromatic rings. The largest absolute Gasteiger partial charge is 0.435 e. The van der Waals surface area contributed by atoms with Gasteiger partial charge in [0.25, 0.3) is 5.91 Å². The van der Waals surface area contributed by atoms with Crippen molar-refractivity contribution in [2.24, 2.45) is 0 Å². The van der Waals surface area contributed by atoms with E-state index in [9.17, 15) is 4.79 Å². The van der Waals surface area contributed by atoms with E-state index in [0.29, 0.717) is 29.8 Å². The summed E-state index contributed by atoms with van der Waals surface area (Å²) in [5.41, 5.74) is 3.70. The highest BCUT2D eigenvalue weighted by atomic mass is 16.4. The molecule has 138 valence electrons. The molecule has 1 aromatic carbocycles. The topological polar surface area (TPSA) is 49.6 Å². The molecule has 0 saturated carbocycles. The maximum absolute atomic E-state index is 12.8. The van der Waals surface area contributed by atoms with Crippen molar-refractivity contribution in [3.63, 3.8) is 0 Å². The Morgan fingerprint density at radius 2 is 1.92 bits per heavy atom. The fraction of sp³-hybridized carbons (Fsp3) is 0.524. The van der Waals surface area contributed by atoms with Crippen molar-refractivity contribution in [1.29, 1.82) is 0 Å². The SMILES string of the molecule is CCc1nc(C)c(C(=O)N2CCN(C3CCc4ccccc4C3)CC2)o1. The molecule has 1 unspecified atom stereocenters. The predicted molar refractivity (Wildman–Crippen MR) is 100 cm³/mol. The second-order valence-corrected chi connectivity index (χ2v) is 7.37. The molecule has 0 radical (unpaired) electrons. The highest BCUT2D eigenvalue weighted by molar-refractivity contribution is 5.92. The fourth-order valence-corrected chi connectivity index (χ4v) is 4.23. The molecule has 2 heterocycles. The number of aryl methyl sites for hydroxylation is 3. The average Bonchev–Trinajstić information content (AvgIpc) is 3.08. The minimum Gasteiger partial charge on any atom is -0.435 e. The van der Waals surface area contributed by atoms with E-state index in [1.54, 1.807) is 0 Å². The van der Waals surface area contributed by atoms with Crippen LogP contribution in [0.25, 0.3) is 0 Å². The lowest BCUT2D eigenvalue weighted by Crippen LogP contribution is -2.53. The summed E-state index contributed by atoms with van der Waals surface area (Å²) in [5, 5.41) is 0. The van der Waals surface area contributed by atoms with Crippen molar-refractivity contribution in [3.8, 4) is 0 Å². The Morgan fingerprint density at radius 3 is 2.62 bits per heavy atom. The Hall–Kier alpha value is -2.14. The van der Waals surface area contributed by atoms with Gasteiger partial charge in [0, 0.05) is 38.6 Å². The molecular weight excluding hydrogens is 326 g/mol. The van der Waals surface area contributed by atoms with Crippen molar-refractivity contribution in [1.82, 2.24) is 14.8 Å². The Kier molecular flexibility index (Phi) is 4.81. The van der Waals surface area contributed by atoms with Gasteiger partial charge in [0.05, 0.1) is 5.69 Å². The summed E-state index contributed by atoms with van der Waals surface area (Å²) >= 11 is 0. The van der Waals surface area contributed by atoms with Crippen LogP contribution in [0.5, 0.6) is 0 Å². The lowest BCUT2D eigenvalue weighted by Gasteiger charge is -2.41. The van der Waals surface area contributed by atoms with E-state index in [4.69, 9.17) is 4.42 Å². The molecule has 0 bridgehead atoms. The van der Waals surface area contributed by atoms with Gasteiger partial charge in [-0.2, -0.15) is 0 Å². The average molecular weight is 353 g/mol. The molecule has 1 aromatic heterocycles. The maximum atomic E-state index is 12.8. The number of amides is 1. The number of hydrogen-bond acceptors (Lipinski definition) is 4. The molecule has 0 N–H and O–H groups in total. The Bertz CT molecular complexity index is 790. The lowest BCUT2D eigenvalue weighted by molar-refractivity contribution is 0.0523. The zero-order valence-corrected chi connectivity index (χ0v) is 15.7. The summed E-state index contributed by atoms with van der Waals surface area (Å²) < 4.78 is 5.64. The molecular formula is C21H27N3O2. The second-order valence-electron chi connectivity index (χ2n) is 7.37. The molecule has 1 atom stereocenters. The van der Waals surface area contributed by atoms with Crippen LogP contribution in [0.3, 0.4) is 0 Å². The van der Waals surface area contributed by atoms with Crippen LogP contribution in [-0.4, -0.2) is 52.9 Å². The summed E-state index contributed by atoms with van der Waals surface area (Å²) in [5.74, 6) is 1.05. The third kappa shape index (κ3) is 3.28. The number of nitrogens with zero attached hydrogens (tertiary/aromatic N) is 3. The van der Waals surface area contributed by atoms with E-state index in [1.165, 1.54) is 17.5 Å². The zero-order chi connectivity index (χ0) is 18.1. The van der Waals surface area contributed by atoms with Gasteiger partial charge in [-0.15, -0.1) is 0 Å². The van der Waals surface area contributed by atoms with Crippen LogP contribution in [0, 0.1) is 6.92 Å². The number of benzene rings is 1. The standard InChI is InChI=1S/C21H27N3O2/c1-3-19-22-15(2)20(26-19)21(25)24-12-10-23(11-13-24)18-9-8-16-6-4-5-7-17(16)14-18/h4-7,18H,3,8-14H2,1-2H3. The van der Waals surface area contributed by atoms with Gasteiger partial charge in [-0.05, 0) is 37.3 Å². The van der Waals surface area contributed by atoms with Gasteiger partial charge >= 0.3 is 0 Å². The van der Waals surface area contributed by atoms with Crippen LogP contribution < -0.4 is 0 Å². The number of fused-ring (bicyclic) bond motifs is 1. The number of carbonyl (C=O) groups is 1. The van der Waals surface area contributed by atoms with Gasteiger partial charge in [-0.25, -0.2) is 4.98 Å². The van der Waals surface area contributed by atoms with Gasteiger partial charge in [0.1, 0.15) is 0 Å². The number of carbonyl (C=O) groups excluding carboxylic acids is 1. The lowest BCUT2D eigenvalue weighted by atomic mass is 9.87. The number of piperazine rings is 1. The minimum atomic E-state index is -0.0108. The first kappa shape index (κ1) is 17.3. The van der Waals surface area contributed by atoms with Gasteiger partial charge in [0.2, 0.25) is 5.76 Å². The first-order valence-corrected chi connectivity index (χ1v) is 9.72. The van der Waals surface area contributed by atoms with E-state index < -0.39 is 0 Å². The third-order valence-electron chi connectivity index (χ3n) is 5.78. The van der Waals surface area contributed by atoms with E-state index in [-0.39, 0.29) is 5.91 Å². The number of oxazole rings is 1. The van der Waals surface area contributed by atoms with E-state index in [2.05, 4.69) is 34.1 Å². The zero-order valence-electron chi connectivity index (χ0n) is 15.7. The van der Waals surface area contributed by atoms with Crippen molar-refractivity contribution in [2.45, 2.75) is 45.6 Å². The van der Waals surface area contributed by atoms with Crippen molar-refractivity contribution < 1.29 is 9.21 Å². The highest BCUT2D eigenvalue weighted by Gasteiger charge is 2.30. The first-order chi connectivity index (χ1) is 12.7. The highest BCUT2D eigenvalue weighted by Crippen LogP contribution is 2.25. The van der Waals surface area contributed by atoms with Crippen molar-refractivity contribution >= 4 is 5.91 Å². The number of rotatable bonds is 3. The van der Waals surface area contributed by atoms with E-state index in [1.807, 2.05) is 18.7 Å².